The molecule has 0 spiro atoms. The lowest BCUT2D eigenvalue weighted by atomic mass is 10.1. The molecule has 0 atom stereocenters. The molecule has 0 fully saturated rings. The van der Waals surface area contributed by atoms with E-state index in [1.54, 1.807) is 13.2 Å². The first-order valence-corrected chi connectivity index (χ1v) is 9.25. The number of anilines is 1. The van der Waals surface area contributed by atoms with Gasteiger partial charge >= 0.3 is 0 Å². The number of nitrogens with one attached hydrogen (secondary N) is 2. The monoisotopic (exact) mass is 387 g/mol. The van der Waals surface area contributed by atoms with E-state index in [0.29, 0.717) is 17.2 Å². The van der Waals surface area contributed by atoms with Gasteiger partial charge in [-0.05, 0) is 49.4 Å². The summed E-state index contributed by atoms with van der Waals surface area (Å²) < 4.78 is 10.9. The lowest BCUT2D eigenvalue weighted by Crippen LogP contribution is -2.20. The smallest absolute Gasteiger partial charge is 0.262 e. The maximum Gasteiger partial charge on any atom is 0.262 e. The van der Waals surface area contributed by atoms with Crippen molar-refractivity contribution in [3.63, 3.8) is 0 Å². The van der Waals surface area contributed by atoms with Gasteiger partial charge in [0.1, 0.15) is 17.3 Å². The van der Waals surface area contributed by atoms with Gasteiger partial charge in [0.15, 0.2) is 6.61 Å². The minimum atomic E-state index is -0.273. The van der Waals surface area contributed by atoms with Gasteiger partial charge in [0.05, 0.1) is 23.8 Å². The highest BCUT2D eigenvalue weighted by molar-refractivity contribution is 5.94. The third kappa shape index (κ3) is 4.21. The fraction of sp³-hybridized carbons (Fsp3) is 0.130. The number of rotatable bonds is 6. The Hall–Kier alpha value is -3.80. The quantitative estimate of drug-likeness (QED) is 0.508. The topological polar surface area (TPSA) is 76.2 Å². The Morgan fingerprint density at radius 1 is 1.07 bits per heavy atom. The molecule has 0 saturated heterocycles. The Morgan fingerprint density at radius 2 is 1.86 bits per heavy atom. The molecule has 0 aliphatic rings. The van der Waals surface area contributed by atoms with Crippen molar-refractivity contribution in [1.29, 1.82) is 0 Å². The Morgan fingerprint density at radius 3 is 2.62 bits per heavy atom. The van der Waals surface area contributed by atoms with Crippen molar-refractivity contribution < 1.29 is 14.3 Å². The number of H-pyrrole nitrogens is 1. The second-order valence-electron chi connectivity index (χ2n) is 6.67. The lowest BCUT2D eigenvalue weighted by Gasteiger charge is -2.12. The first-order chi connectivity index (χ1) is 14.1. The zero-order valence-corrected chi connectivity index (χ0v) is 16.2. The van der Waals surface area contributed by atoms with E-state index in [4.69, 9.17) is 9.47 Å². The molecule has 0 bridgehead atoms. The van der Waals surface area contributed by atoms with Crippen LogP contribution in [0.25, 0.3) is 22.4 Å². The van der Waals surface area contributed by atoms with Crippen LogP contribution in [-0.2, 0) is 4.79 Å². The summed E-state index contributed by atoms with van der Waals surface area (Å²) in [6, 6.07) is 20.9. The van der Waals surface area contributed by atoms with Gasteiger partial charge in [-0.1, -0.05) is 29.8 Å². The highest BCUT2D eigenvalue weighted by atomic mass is 16.5. The molecule has 0 radical (unpaired) electrons. The third-order valence-corrected chi connectivity index (χ3v) is 4.53. The van der Waals surface area contributed by atoms with E-state index in [9.17, 15) is 4.79 Å². The van der Waals surface area contributed by atoms with Gasteiger partial charge in [-0.15, -0.1) is 0 Å². The van der Waals surface area contributed by atoms with Crippen LogP contribution >= 0.6 is 0 Å². The summed E-state index contributed by atoms with van der Waals surface area (Å²) in [5, 5.41) is 2.86. The van der Waals surface area contributed by atoms with Crippen LogP contribution in [0.15, 0.2) is 66.7 Å². The van der Waals surface area contributed by atoms with Gasteiger partial charge < -0.3 is 19.8 Å². The number of hydrogen-bond acceptors (Lipinski definition) is 4. The first-order valence-electron chi connectivity index (χ1n) is 9.25. The van der Waals surface area contributed by atoms with Gasteiger partial charge in [0, 0.05) is 5.56 Å². The van der Waals surface area contributed by atoms with Crippen LogP contribution in [0.5, 0.6) is 11.5 Å². The molecule has 146 valence electrons. The Bertz CT molecular complexity index is 1120. The summed E-state index contributed by atoms with van der Waals surface area (Å²) >= 11 is 0. The number of benzene rings is 3. The largest absolute Gasteiger partial charge is 0.495 e. The van der Waals surface area contributed by atoms with Crippen molar-refractivity contribution in [1.82, 2.24) is 9.97 Å². The Kier molecular flexibility index (Phi) is 5.16. The molecule has 0 saturated carbocycles. The van der Waals surface area contributed by atoms with E-state index in [2.05, 4.69) is 15.3 Å². The number of aromatic amines is 1. The van der Waals surface area contributed by atoms with Gasteiger partial charge in [0.2, 0.25) is 0 Å². The molecule has 4 rings (SSSR count). The summed E-state index contributed by atoms with van der Waals surface area (Å²) in [7, 11) is 1.56. The van der Waals surface area contributed by atoms with Crippen LogP contribution in [-0.4, -0.2) is 29.6 Å². The van der Waals surface area contributed by atoms with Gasteiger partial charge in [-0.2, -0.15) is 0 Å². The van der Waals surface area contributed by atoms with Crippen molar-refractivity contribution in [2.24, 2.45) is 0 Å². The second kappa shape index (κ2) is 8.06. The van der Waals surface area contributed by atoms with E-state index in [1.165, 1.54) is 0 Å². The highest BCUT2D eigenvalue weighted by Crippen LogP contribution is 2.30. The van der Waals surface area contributed by atoms with Crippen LogP contribution in [0, 0.1) is 6.92 Å². The average Bonchev–Trinajstić information content (AvgIpc) is 3.17. The fourth-order valence-corrected chi connectivity index (χ4v) is 3.01. The lowest BCUT2D eigenvalue weighted by molar-refractivity contribution is -0.118. The van der Waals surface area contributed by atoms with Crippen LogP contribution in [0.1, 0.15) is 5.56 Å². The second-order valence-corrected chi connectivity index (χ2v) is 6.67. The summed E-state index contributed by atoms with van der Waals surface area (Å²) in [6.45, 7) is 1.90. The molecule has 4 aromatic rings. The van der Waals surface area contributed by atoms with Crippen molar-refractivity contribution in [2.75, 3.05) is 19.0 Å². The SMILES string of the molecule is COc1ccc(-c2nc3ccccc3[nH]2)cc1NC(=O)COc1ccc(C)cc1. The Labute approximate surface area is 168 Å². The molecule has 3 aromatic carbocycles. The van der Waals surface area contributed by atoms with E-state index >= 15 is 0 Å². The van der Waals surface area contributed by atoms with E-state index < -0.39 is 0 Å². The predicted molar refractivity (Wildman–Crippen MR) is 113 cm³/mol. The molecular formula is C23H21N3O3. The number of carbonyl (C=O) groups excluding carboxylic acids is 1. The van der Waals surface area contributed by atoms with Gasteiger partial charge in [-0.25, -0.2) is 4.98 Å². The van der Waals surface area contributed by atoms with Crippen LogP contribution in [0.4, 0.5) is 5.69 Å². The molecular weight excluding hydrogens is 366 g/mol. The van der Waals surface area contributed by atoms with E-state index in [0.717, 1.165) is 28.0 Å². The number of imidazole rings is 1. The van der Waals surface area contributed by atoms with Crippen LogP contribution in [0.3, 0.4) is 0 Å². The molecule has 1 heterocycles. The highest BCUT2D eigenvalue weighted by Gasteiger charge is 2.12. The summed E-state index contributed by atoms with van der Waals surface area (Å²) in [4.78, 5) is 20.3. The molecule has 0 unspecified atom stereocenters. The number of aromatic nitrogens is 2. The van der Waals surface area contributed by atoms with Crippen molar-refractivity contribution in [3.8, 4) is 22.9 Å². The van der Waals surface area contributed by atoms with Crippen molar-refractivity contribution in [3.05, 3.63) is 72.3 Å². The van der Waals surface area contributed by atoms with E-state index in [1.807, 2.05) is 67.6 Å². The number of para-hydroxylation sites is 2. The van der Waals surface area contributed by atoms with Crippen molar-refractivity contribution in [2.45, 2.75) is 6.92 Å². The normalized spacial score (nSPS) is 10.7. The van der Waals surface area contributed by atoms with Crippen LogP contribution in [0.2, 0.25) is 0 Å². The summed E-state index contributed by atoms with van der Waals surface area (Å²) in [6.07, 6.45) is 0. The molecule has 1 amide bonds. The zero-order valence-electron chi connectivity index (χ0n) is 16.2. The minimum Gasteiger partial charge on any atom is -0.495 e. The maximum atomic E-state index is 12.4. The zero-order chi connectivity index (χ0) is 20.2. The number of aryl methyl sites for hydroxylation is 1. The molecule has 6 nitrogen and oxygen atoms in total. The molecule has 29 heavy (non-hydrogen) atoms. The average molecular weight is 387 g/mol. The number of hydrogen-bond donors (Lipinski definition) is 2. The summed E-state index contributed by atoms with van der Waals surface area (Å²) in [5.41, 5.74) is 4.37. The number of ether oxygens (including phenoxy) is 2. The Balaban J connectivity index is 1.51. The molecule has 2 N–H and O–H groups in total. The van der Waals surface area contributed by atoms with Gasteiger partial charge in [0.25, 0.3) is 5.91 Å². The molecule has 0 aliphatic carbocycles. The number of amides is 1. The number of carbonyl (C=O) groups is 1. The molecule has 1 aromatic heterocycles. The van der Waals surface area contributed by atoms with Crippen molar-refractivity contribution >= 4 is 22.6 Å². The number of nitrogens with zero attached hydrogens (tertiary/aromatic N) is 1. The first kappa shape index (κ1) is 18.6. The third-order valence-electron chi connectivity index (χ3n) is 4.53. The number of methoxy groups -OCH3 is 1. The molecule has 6 heteroatoms. The van der Waals surface area contributed by atoms with Crippen LogP contribution < -0.4 is 14.8 Å². The maximum absolute atomic E-state index is 12.4. The predicted octanol–water partition coefficient (Wildman–Crippen LogP) is 4.56. The number of fused-ring (bicyclic) bond motifs is 1. The summed E-state index contributed by atoms with van der Waals surface area (Å²) in [5.74, 6) is 1.66. The minimum absolute atomic E-state index is 0.0962. The van der Waals surface area contributed by atoms with Gasteiger partial charge in [-0.3, -0.25) is 4.79 Å². The van der Waals surface area contributed by atoms with E-state index in [-0.39, 0.29) is 12.5 Å². The molecule has 0 aliphatic heterocycles. The fourth-order valence-electron chi connectivity index (χ4n) is 3.01. The standard InChI is InChI=1S/C23H21N3O3/c1-15-7-10-17(11-8-15)29-14-22(27)24-20-13-16(9-12-21(20)28-2)23-25-18-5-3-4-6-19(18)26-23/h3-13H,14H2,1-2H3,(H,24,27)(H,25,26).